The van der Waals surface area contributed by atoms with Crippen LogP contribution in [0.2, 0.25) is 0 Å². The quantitative estimate of drug-likeness (QED) is 0.824. The smallest absolute Gasteiger partial charge is 0.258 e. The van der Waals surface area contributed by atoms with Gasteiger partial charge in [0.2, 0.25) is 0 Å². The molecular formula is C17H21NO3S. The zero-order valence-corrected chi connectivity index (χ0v) is 13.6. The molecule has 1 atom stereocenters. The first-order valence-corrected chi connectivity index (χ1v) is 8.15. The van der Waals surface area contributed by atoms with Gasteiger partial charge in [0.05, 0.1) is 0 Å². The highest BCUT2D eigenvalue weighted by Gasteiger charge is 2.10. The predicted octanol–water partition coefficient (Wildman–Crippen LogP) is 3.10. The molecule has 2 rings (SSSR count). The van der Waals surface area contributed by atoms with E-state index in [1.165, 1.54) is 16.9 Å². The molecule has 4 nitrogen and oxygen atoms in total. The molecule has 0 aliphatic carbocycles. The first-order chi connectivity index (χ1) is 10.6. The number of aliphatic hydroxyl groups is 1. The Morgan fingerprint density at radius 1 is 1.27 bits per heavy atom. The van der Waals surface area contributed by atoms with E-state index in [0.717, 1.165) is 4.88 Å². The molecule has 0 spiro atoms. The van der Waals surface area contributed by atoms with Gasteiger partial charge in [-0.2, -0.15) is 0 Å². The van der Waals surface area contributed by atoms with Gasteiger partial charge in [-0.3, -0.25) is 4.79 Å². The Kier molecular flexibility index (Phi) is 5.98. The van der Waals surface area contributed by atoms with Gasteiger partial charge < -0.3 is 15.2 Å². The van der Waals surface area contributed by atoms with Crippen molar-refractivity contribution in [3.63, 3.8) is 0 Å². The number of aliphatic hydroxyl groups excluding tert-OH is 1. The average molecular weight is 319 g/mol. The molecule has 5 heteroatoms. The first kappa shape index (κ1) is 16.5. The van der Waals surface area contributed by atoms with E-state index in [0.29, 0.717) is 11.7 Å². The average Bonchev–Trinajstić information content (AvgIpc) is 3.05. The number of benzene rings is 1. The third kappa shape index (κ3) is 4.86. The Bertz CT molecular complexity index is 578. The van der Waals surface area contributed by atoms with Gasteiger partial charge in [-0.1, -0.05) is 32.0 Å². The number of carbonyl (C=O) groups is 1. The molecule has 0 bridgehead atoms. The normalized spacial score (nSPS) is 12.2. The highest BCUT2D eigenvalue weighted by atomic mass is 32.1. The van der Waals surface area contributed by atoms with E-state index >= 15 is 0 Å². The van der Waals surface area contributed by atoms with E-state index in [4.69, 9.17) is 4.74 Å². The van der Waals surface area contributed by atoms with Crippen LogP contribution in [0.15, 0.2) is 41.8 Å². The lowest BCUT2D eigenvalue weighted by Gasteiger charge is -2.11. The van der Waals surface area contributed by atoms with Crippen molar-refractivity contribution in [3.8, 4) is 5.75 Å². The number of rotatable bonds is 7. The number of thiophene rings is 1. The van der Waals surface area contributed by atoms with Crippen LogP contribution in [0.5, 0.6) is 5.75 Å². The number of carbonyl (C=O) groups excluding carboxylic acids is 1. The Balaban J connectivity index is 1.73. The minimum Gasteiger partial charge on any atom is -0.484 e. The number of nitrogens with one attached hydrogen (secondary N) is 1. The fourth-order valence-electron chi connectivity index (χ4n) is 1.94. The zero-order valence-electron chi connectivity index (χ0n) is 12.8. The highest BCUT2D eigenvalue weighted by Crippen LogP contribution is 2.19. The fourth-order valence-corrected chi connectivity index (χ4v) is 2.65. The number of hydrogen-bond acceptors (Lipinski definition) is 4. The van der Waals surface area contributed by atoms with Gasteiger partial charge in [0.25, 0.3) is 5.91 Å². The van der Waals surface area contributed by atoms with E-state index in [2.05, 4.69) is 19.2 Å². The number of ether oxygens (including phenoxy) is 1. The van der Waals surface area contributed by atoms with Gasteiger partial charge in [-0.25, -0.2) is 0 Å². The number of amides is 1. The van der Waals surface area contributed by atoms with Crippen LogP contribution in [0.4, 0.5) is 0 Å². The predicted molar refractivity (Wildman–Crippen MR) is 88.3 cm³/mol. The summed E-state index contributed by atoms with van der Waals surface area (Å²) in [5.41, 5.74) is 1.23. The molecule has 0 radical (unpaired) electrons. The lowest BCUT2D eigenvalue weighted by Crippen LogP contribution is -2.32. The zero-order chi connectivity index (χ0) is 15.9. The first-order valence-electron chi connectivity index (χ1n) is 7.27. The maximum Gasteiger partial charge on any atom is 0.258 e. The molecule has 22 heavy (non-hydrogen) atoms. The van der Waals surface area contributed by atoms with Crippen LogP contribution in [-0.4, -0.2) is 24.2 Å². The van der Waals surface area contributed by atoms with Crippen molar-refractivity contribution in [1.29, 1.82) is 0 Å². The minimum atomic E-state index is -0.672. The SMILES string of the molecule is CC(C)c1ccc(OCC(=O)NC[C@H](O)c2cccs2)cc1. The van der Waals surface area contributed by atoms with Crippen molar-refractivity contribution < 1.29 is 14.6 Å². The molecule has 1 aromatic carbocycles. The van der Waals surface area contributed by atoms with Crippen LogP contribution in [0.25, 0.3) is 0 Å². The van der Waals surface area contributed by atoms with E-state index in [-0.39, 0.29) is 19.1 Å². The molecule has 0 fully saturated rings. The summed E-state index contributed by atoms with van der Waals surface area (Å²) in [6.07, 6.45) is -0.672. The van der Waals surface area contributed by atoms with Crippen LogP contribution < -0.4 is 10.1 Å². The van der Waals surface area contributed by atoms with Crippen molar-refractivity contribution in [2.45, 2.75) is 25.9 Å². The molecule has 0 aliphatic rings. The van der Waals surface area contributed by atoms with E-state index in [1.54, 1.807) is 0 Å². The van der Waals surface area contributed by atoms with Crippen LogP contribution in [-0.2, 0) is 4.79 Å². The Hall–Kier alpha value is -1.85. The van der Waals surface area contributed by atoms with Crippen LogP contribution in [0.1, 0.15) is 36.3 Å². The van der Waals surface area contributed by atoms with Crippen molar-refractivity contribution in [2.75, 3.05) is 13.2 Å². The van der Waals surface area contributed by atoms with Crippen molar-refractivity contribution in [2.24, 2.45) is 0 Å². The van der Waals surface area contributed by atoms with Gasteiger partial charge in [0.1, 0.15) is 11.9 Å². The summed E-state index contributed by atoms with van der Waals surface area (Å²) in [4.78, 5) is 12.6. The molecule has 1 amide bonds. The van der Waals surface area contributed by atoms with Crippen LogP contribution in [0.3, 0.4) is 0 Å². The third-order valence-electron chi connectivity index (χ3n) is 3.28. The van der Waals surface area contributed by atoms with Crippen LogP contribution >= 0.6 is 11.3 Å². The summed E-state index contributed by atoms with van der Waals surface area (Å²) < 4.78 is 5.43. The van der Waals surface area contributed by atoms with E-state index in [9.17, 15) is 9.90 Å². The fraction of sp³-hybridized carbons (Fsp3) is 0.353. The highest BCUT2D eigenvalue weighted by molar-refractivity contribution is 7.10. The molecule has 0 aliphatic heterocycles. The minimum absolute atomic E-state index is 0.0574. The van der Waals surface area contributed by atoms with Gasteiger partial charge >= 0.3 is 0 Å². The summed E-state index contributed by atoms with van der Waals surface area (Å²) >= 11 is 1.46. The monoisotopic (exact) mass is 319 g/mol. The van der Waals surface area contributed by atoms with Crippen molar-refractivity contribution in [3.05, 3.63) is 52.2 Å². The van der Waals surface area contributed by atoms with Gasteiger partial charge in [0.15, 0.2) is 6.61 Å². The molecular weight excluding hydrogens is 298 g/mol. The molecule has 2 N–H and O–H groups in total. The summed E-state index contributed by atoms with van der Waals surface area (Å²) in [6, 6.07) is 11.4. The lowest BCUT2D eigenvalue weighted by molar-refractivity contribution is -0.123. The molecule has 0 unspecified atom stereocenters. The summed E-state index contributed by atoms with van der Waals surface area (Å²) in [5.74, 6) is 0.887. The van der Waals surface area contributed by atoms with Crippen molar-refractivity contribution in [1.82, 2.24) is 5.32 Å². The Labute approximate surface area is 134 Å². The standard InChI is InChI=1S/C17H21NO3S/c1-12(2)13-5-7-14(8-6-13)21-11-17(20)18-10-15(19)16-4-3-9-22-16/h3-9,12,15,19H,10-11H2,1-2H3,(H,18,20)/t15-/m0/s1. The molecule has 1 aromatic heterocycles. The van der Waals surface area contributed by atoms with Crippen LogP contribution in [0, 0.1) is 0 Å². The number of hydrogen-bond donors (Lipinski definition) is 2. The second-order valence-corrected chi connectivity index (χ2v) is 6.33. The maximum atomic E-state index is 11.7. The molecule has 118 valence electrons. The van der Waals surface area contributed by atoms with E-state index < -0.39 is 6.10 Å². The third-order valence-corrected chi connectivity index (χ3v) is 4.25. The summed E-state index contributed by atoms with van der Waals surface area (Å²) in [5, 5.41) is 14.4. The molecule has 2 aromatic rings. The van der Waals surface area contributed by atoms with Gasteiger partial charge in [-0.05, 0) is 35.1 Å². The largest absolute Gasteiger partial charge is 0.484 e. The molecule has 0 saturated carbocycles. The topological polar surface area (TPSA) is 58.6 Å². The van der Waals surface area contributed by atoms with Gasteiger partial charge in [0, 0.05) is 11.4 Å². The Morgan fingerprint density at radius 2 is 2.00 bits per heavy atom. The second-order valence-electron chi connectivity index (χ2n) is 5.35. The molecule has 1 heterocycles. The summed E-state index contributed by atoms with van der Waals surface area (Å²) in [6.45, 7) is 4.39. The van der Waals surface area contributed by atoms with Crippen molar-refractivity contribution >= 4 is 17.2 Å². The van der Waals surface area contributed by atoms with E-state index in [1.807, 2.05) is 41.8 Å². The molecule has 0 saturated heterocycles. The maximum absolute atomic E-state index is 11.7. The Morgan fingerprint density at radius 3 is 2.59 bits per heavy atom. The second kappa shape index (κ2) is 7.96. The summed E-state index contributed by atoms with van der Waals surface area (Å²) in [7, 11) is 0. The lowest BCUT2D eigenvalue weighted by atomic mass is 10.0. The van der Waals surface area contributed by atoms with Gasteiger partial charge in [-0.15, -0.1) is 11.3 Å².